The molecule has 0 saturated heterocycles. The van der Waals surface area contributed by atoms with E-state index in [0.29, 0.717) is 42.3 Å². The molecule has 0 atom stereocenters. The van der Waals surface area contributed by atoms with E-state index in [-0.39, 0.29) is 18.2 Å². The van der Waals surface area contributed by atoms with Gasteiger partial charge in [-0.25, -0.2) is 9.78 Å². The molecule has 0 aliphatic heterocycles. The largest absolute Gasteiger partial charge is 0.493 e. The van der Waals surface area contributed by atoms with Crippen LogP contribution < -0.4 is 15.2 Å². The smallest absolute Gasteiger partial charge is 0.419 e. The Balaban J connectivity index is 1.32. The molecule has 2 aromatic heterocycles. The Hall–Kier alpha value is -4.20. The summed E-state index contributed by atoms with van der Waals surface area (Å²) in [6.07, 6.45) is 7.16. The highest BCUT2D eigenvalue weighted by atomic mass is 16.5. The normalized spacial score (nSPS) is 11.2. The molecule has 4 rings (SSSR count). The van der Waals surface area contributed by atoms with Crippen molar-refractivity contribution in [3.05, 3.63) is 93.8 Å². The molecule has 2 aromatic carbocycles. The van der Waals surface area contributed by atoms with Crippen LogP contribution in [0.15, 0.2) is 68.4 Å². The summed E-state index contributed by atoms with van der Waals surface area (Å²) in [5.41, 5.74) is 2.76. The number of aryl methyl sites for hydroxylation is 2. The van der Waals surface area contributed by atoms with Crippen LogP contribution in [0.2, 0.25) is 0 Å². The lowest BCUT2D eigenvalue weighted by molar-refractivity contribution is 0.280. The summed E-state index contributed by atoms with van der Waals surface area (Å²) in [6.45, 7) is 0.240. The number of aromatic nitrogens is 2. The molecule has 2 N–H and O–H groups in total. The first-order chi connectivity index (χ1) is 16.1. The van der Waals surface area contributed by atoms with Gasteiger partial charge in [-0.05, 0) is 42.2 Å². The number of hydrogen-bond acceptors (Lipinski definition) is 7. The van der Waals surface area contributed by atoms with Gasteiger partial charge in [-0.1, -0.05) is 36.4 Å². The van der Waals surface area contributed by atoms with Crippen LogP contribution in [0.5, 0.6) is 17.4 Å². The van der Waals surface area contributed by atoms with Gasteiger partial charge < -0.3 is 23.4 Å². The Morgan fingerprint density at radius 3 is 2.70 bits per heavy atom. The lowest BCUT2D eigenvalue weighted by atomic mass is 10.1. The molecule has 0 fully saturated rings. The molecule has 2 heterocycles. The molecule has 8 heteroatoms. The summed E-state index contributed by atoms with van der Waals surface area (Å²) < 4.78 is 21.7. The molecule has 0 aliphatic rings. The van der Waals surface area contributed by atoms with E-state index in [2.05, 4.69) is 9.97 Å². The third kappa shape index (κ3) is 5.94. The molecule has 33 heavy (non-hydrogen) atoms. The first-order valence-electron chi connectivity index (χ1n) is 10.5. The number of oxazole rings is 2. The van der Waals surface area contributed by atoms with Crippen molar-refractivity contribution in [1.29, 1.82) is 0 Å². The molecule has 0 amide bonds. The average molecular weight is 448 g/mol. The molecule has 0 bridgehead atoms. The topological polar surface area (TPSA) is 111 Å². The van der Waals surface area contributed by atoms with Crippen LogP contribution in [0.4, 0.5) is 0 Å². The van der Waals surface area contributed by atoms with Gasteiger partial charge in [0.2, 0.25) is 11.8 Å². The first-order valence-corrected chi connectivity index (χ1v) is 10.5. The summed E-state index contributed by atoms with van der Waals surface area (Å²) >= 11 is 0. The summed E-state index contributed by atoms with van der Waals surface area (Å²) in [6, 6.07) is 15.6. The fourth-order valence-corrected chi connectivity index (χ4v) is 3.31. The number of methoxy groups -OCH3 is 1. The summed E-state index contributed by atoms with van der Waals surface area (Å²) in [7, 11) is 1.58. The molecule has 0 saturated carbocycles. The molecule has 170 valence electrons. The maximum Gasteiger partial charge on any atom is 0.419 e. The van der Waals surface area contributed by atoms with Crippen molar-refractivity contribution in [3.63, 3.8) is 0 Å². The number of nitrogens with one attached hydrogen (secondary N) is 1. The Kier molecular flexibility index (Phi) is 6.94. The van der Waals surface area contributed by atoms with Gasteiger partial charge in [0.05, 0.1) is 7.11 Å². The SMILES string of the molecule is COc1cc(CCCc2oc(=O)[nH]c2O)ccc1OCc1coc(C=Cc2ccccc2)n1. The fourth-order valence-electron chi connectivity index (χ4n) is 3.31. The van der Waals surface area contributed by atoms with Gasteiger partial charge in [0.25, 0.3) is 0 Å². The van der Waals surface area contributed by atoms with E-state index in [1.165, 1.54) is 0 Å². The van der Waals surface area contributed by atoms with Gasteiger partial charge in [0.1, 0.15) is 18.6 Å². The summed E-state index contributed by atoms with van der Waals surface area (Å²) in [4.78, 5) is 17.7. The highest BCUT2D eigenvalue weighted by Gasteiger charge is 2.11. The van der Waals surface area contributed by atoms with Crippen molar-refractivity contribution >= 4 is 12.2 Å². The highest BCUT2D eigenvalue weighted by Crippen LogP contribution is 2.29. The van der Waals surface area contributed by atoms with Gasteiger partial charge in [0, 0.05) is 12.5 Å². The van der Waals surface area contributed by atoms with E-state index in [1.54, 1.807) is 13.4 Å². The number of ether oxygens (including phenoxy) is 2. The van der Waals surface area contributed by atoms with Gasteiger partial charge in [-0.3, -0.25) is 4.98 Å². The minimum atomic E-state index is -0.655. The van der Waals surface area contributed by atoms with Crippen molar-refractivity contribution in [1.82, 2.24) is 9.97 Å². The molecular formula is C25H24N2O6. The second kappa shape index (κ2) is 10.4. The zero-order valence-corrected chi connectivity index (χ0v) is 18.1. The van der Waals surface area contributed by atoms with Crippen molar-refractivity contribution in [2.75, 3.05) is 7.11 Å². The van der Waals surface area contributed by atoms with Crippen LogP contribution in [-0.4, -0.2) is 22.2 Å². The third-order valence-corrected chi connectivity index (χ3v) is 4.96. The fraction of sp³-hybridized carbons (Fsp3) is 0.200. The van der Waals surface area contributed by atoms with Crippen LogP contribution in [0.25, 0.3) is 12.2 Å². The molecule has 8 nitrogen and oxygen atoms in total. The number of nitrogens with zero attached hydrogens (tertiary/aromatic N) is 1. The van der Waals surface area contributed by atoms with Crippen molar-refractivity contribution in [2.45, 2.75) is 25.9 Å². The van der Waals surface area contributed by atoms with Crippen LogP contribution in [0.1, 0.15) is 34.9 Å². The van der Waals surface area contributed by atoms with Gasteiger partial charge in [0.15, 0.2) is 17.3 Å². The molecular weight excluding hydrogens is 424 g/mol. The number of aromatic hydroxyl groups is 1. The van der Waals surface area contributed by atoms with Gasteiger partial charge >= 0.3 is 5.76 Å². The molecule has 0 unspecified atom stereocenters. The van der Waals surface area contributed by atoms with Crippen molar-refractivity contribution in [3.8, 4) is 17.4 Å². The van der Waals surface area contributed by atoms with Crippen LogP contribution in [-0.2, 0) is 19.4 Å². The van der Waals surface area contributed by atoms with E-state index in [1.807, 2.05) is 60.7 Å². The third-order valence-electron chi connectivity index (χ3n) is 4.96. The molecule has 0 aliphatic carbocycles. The first kappa shape index (κ1) is 22.0. The number of benzene rings is 2. The molecule has 4 aromatic rings. The number of H-pyrrole nitrogens is 1. The van der Waals surface area contributed by atoms with E-state index < -0.39 is 5.76 Å². The van der Waals surface area contributed by atoms with Crippen LogP contribution >= 0.6 is 0 Å². The van der Waals surface area contributed by atoms with Gasteiger partial charge in [-0.2, -0.15) is 0 Å². The lowest BCUT2D eigenvalue weighted by Gasteiger charge is -2.11. The zero-order chi connectivity index (χ0) is 23.0. The minimum Gasteiger partial charge on any atom is -0.493 e. The van der Waals surface area contributed by atoms with E-state index >= 15 is 0 Å². The maximum atomic E-state index is 11.1. The minimum absolute atomic E-state index is 0.215. The number of aromatic amines is 1. The predicted molar refractivity (Wildman–Crippen MR) is 122 cm³/mol. The Morgan fingerprint density at radius 1 is 1.09 bits per heavy atom. The maximum absolute atomic E-state index is 11.1. The van der Waals surface area contributed by atoms with E-state index in [4.69, 9.17) is 18.3 Å². The van der Waals surface area contributed by atoms with Crippen molar-refractivity contribution in [2.24, 2.45) is 0 Å². The molecule has 0 radical (unpaired) electrons. The van der Waals surface area contributed by atoms with Gasteiger partial charge in [-0.15, -0.1) is 0 Å². The van der Waals surface area contributed by atoms with E-state index in [9.17, 15) is 9.90 Å². The average Bonchev–Trinajstić information content (AvgIpc) is 3.42. The summed E-state index contributed by atoms with van der Waals surface area (Å²) in [5, 5.41) is 9.58. The lowest BCUT2D eigenvalue weighted by Crippen LogP contribution is -1.99. The quantitative estimate of drug-likeness (QED) is 0.365. The Morgan fingerprint density at radius 2 is 1.94 bits per heavy atom. The Bertz CT molecular complexity index is 1270. The predicted octanol–water partition coefficient (Wildman–Crippen LogP) is 4.59. The van der Waals surface area contributed by atoms with E-state index in [0.717, 1.165) is 11.1 Å². The Labute approximate surface area is 190 Å². The van der Waals surface area contributed by atoms with Crippen LogP contribution in [0.3, 0.4) is 0 Å². The summed E-state index contributed by atoms with van der Waals surface area (Å²) in [5.74, 6) is 1.10. The van der Waals surface area contributed by atoms with Crippen molar-refractivity contribution < 1.29 is 23.4 Å². The monoisotopic (exact) mass is 448 g/mol. The second-order valence-corrected chi connectivity index (χ2v) is 7.33. The standard InChI is InChI=1S/C25H24N2O6/c1-30-22-14-18(8-5-9-21-24(28)27-25(29)33-21)10-12-20(22)31-15-19-16-32-23(26-19)13-11-17-6-3-2-4-7-17/h2-4,6-7,10-14,16,28H,5,8-9,15H2,1H3,(H,27,29). The highest BCUT2D eigenvalue weighted by molar-refractivity contribution is 5.65. The number of hydrogen-bond donors (Lipinski definition) is 2. The van der Waals surface area contributed by atoms with Crippen LogP contribution in [0, 0.1) is 0 Å². The molecule has 0 spiro atoms. The number of rotatable bonds is 10. The second-order valence-electron chi connectivity index (χ2n) is 7.33. The zero-order valence-electron chi connectivity index (χ0n) is 18.1.